The number of nitroso groups, excluding NO2 is 1. The van der Waals surface area contributed by atoms with E-state index in [0.717, 1.165) is 28.8 Å². The van der Waals surface area contributed by atoms with E-state index in [1.54, 1.807) is 12.3 Å². The lowest BCUT2D eigenvalue weighted by Gasteiger charge is -2.15. The molecule has 134 valence electrons. The summed E-state index contributed by atoms with van der Waals surface area (Å²) in [6.07, 6.45) is 8.97. The number of nitrogens with zero attached hydrogens (tertiary/aromatic N) is 2. The molecule has 1 atom stereocenters. The molecule has 1 saturated carbocycles. The van der Waals surface area contributed by atoms with E-state index in [2.05, 4.69) is 15.5 Å². The number of rotatable bonds is 9. The van der Waals surface area contributed by atoms with Gasteiger partial charge in [0.1, 0.15) is 6.54 Å². The molecule has 0 aliphatic heterocycles. The van der Waals surface area contributed by atoms with Crippen molar-refractivity contribution in [3.05, 3.63) is 52.2 Å². The minimum Gasteiger partial charge on any atom is -0.352 e. The number of aromatic nitrogens is 1. The Balaban J connectivity index is 2.17. The van der Waals surface area contributed by atoms with Gasteiger partial charge in [-0.1, -0.05) is 41.8 Å². The molecule has 1 amide bonds. The minimum absolute atomic E-state index is 0.0541. The third-order valence-electron chi connectivity index (χ3n) is 4.61. The van der Waals surface area contributed by atoms with Gasteiger partial charge < -0.3 is 5.32 Å². The fourth-order valence-corrected chi connectivity index (χ4v) is 2.79. The molecule has 0 aromatic carbocycles. The van der Waals surface area contributed by atoms with Crippen molar-refractivity contribution in [1.29, 1.82) is 0 Å². The van der Waals surface area contributed by atoms with Gasteiger partial charge in [-0.15, -0.1) is 0 Å². The van der Waals surface area contributed by atoms with E-state index in [1.807, 2.05) is 39.0 Å². The number of nitrogens with one attached hydrogen (secondary N) is 1. The largest absolute Gasteiger partial charge is 0.352 e. The summed E-state index contributed by atoms with van der Waals surface area (Å²) in [7, 11) is 0. The SMILES string of the molecule is C/C=C(\C)CNC(=O)C(/C=C(\C)c1ncccc1CN=O)CC1CC1. The third-order valence-corrected chi connectivity index (χ3v) is 4.61. The Labute approximate surface area is 149 Å². The van der Waals surface area contributed by atoms with Crippen LogP contribution in [-0.4, -0.2) is 17.4 Å². The maximum absolute atomic E-state index is 12.6. The molecule has 0 saturated heterocycles. The van der Waals surface area contributed by atoms with Gasteiger partial charge in [-0.3, -0.25) is 9.78 Å². The van der Waals surface area contributed by atoms with Crippen LogP contribution in [0.25, 0.3) is 5.57 Å². The fraction of sp³-hybridized carbons (Fsp3) is 0.500. The number of carbonyl (C=O) groups is 1. The lowest BCUT2D eigenvalue weighted by atomic mass is 9.96. The summed E-state index contributed by atoms with van der Waals surface area (Å²) in [6.45, 7) is 6.59. The summed E-state index contributed by atoms with van der Waals surface area (Å²) in [6, 6.07) is 3.65. The summed E-state index contributed by atoms with van der Waals surface area (Å²) in [4.78, 5) is 27.7. The first-order valence-corrected chi connectivity index (χ1v) is 8.86. The summed E-state index contributed by atoms with van der Waals surface area (Å²) in [5.74, 6) is 0.525. The van der Waals surface area contributed by atoms with Crippen LogP contribution in [0.4, 0.5) is 0 Å². The molecule has 1 aliphatic rings. The molecule has 0 radical (unpaired) electrons. The van der Waals surface area contributed by atoms with Crippen LogP contribution in [0.2, 0.25) is 0 Å². The highest BCUT2D eigenvalue weighted by Crippen LogP contribution is 2.36. The number of hydrogen-bond acceptors (Lipinski definition) is 4. The van der Waals surface area contributed by atoms with Crippen molar-refractivity contribution in [3.63, 3.8) is 0 Å². The van der Waals surface area contributed by atoms with Crippen LogP contribution < -0.4 is 5.32 Å². The summed E-state index contributed by atoms with van der Waals surface area (Å²) >= 11 is 0. The second kappa shape index (κ2) is 9.25. The average molecular weight is 341 g/mol. The van der Waals surface area contributed by atoms with Gasteiger partial charge in [0.2, 0.25) is 5.91 Å². The minimum atomic E-state index is -0.170. The molecule has 25 heavy (non-hydrogen) atoms. The van der Waals surface area contributed by atoms with Crippen LogP contribution in [0.1, 0.15) is 51.3 Å². The second-order valence-electron chi connectivity index (χ2n) is 6.79. The Morgan fingerprint density at radius 2 is 2.20 bits per heavy atom. The Morgan fingerprint density at radius 1 is 1.44 bits per heavy atom. The highest BCUT2D eigenvalue weighted by atomic mass is 16.3. The predicted molar refractivity (Wildman–Crippen MR) is 101 cm³/mol. The van der Waals surface area contributed by atoms with Crippen LogP contribution in [0.15, 0.2) is 41.2 Å². The highest BCUT2D eigenvalue weighted by Gasteiger charge is 2.28. The van der Waals surface area contributed by atoms with Gasteiger partial charge in [0.15, 0.2) is 0 Å². The van der Waals surface area contributed by atoms with Crippen molar-refractivity contribution < 1.29 is 4.79 Å². The molecule has 1 aromatic rings. The zero-order valence-electron chi connectivity index (χ0n) is 15.3. The van der Waals surface area contributed by atoms with Crippen molar-refractivity contribution >= 4 is 11.5 Å². The van der Waals surface area contributed by atoms with Crippen LogP contribution in [0, 0.1) is 16.7 Å². The van der Waals surface area contributed by atoms with Crippen LogP contribution in [0.3, 0.4) is 0 Å². The van der Waals surface area contributed by atoms with Crippen LogP contribution in [0.5, 0.6) is 0 Å². The summed E-state index contributed by atoms with van der Waals surface area (Å²) < 4.78 is 0. The predicted octanol–water partition coefficient (Wildman–Crippen LogP) is 4.25. The van der Waals surface area contributed by atoms with E-state index in [9.17, 15) is 9.70 Å². The molecule has 5 heteroatoms. The lowest BCUT2D eigenvalue weighted by molar-refractivity contribution is -0.123. The molecule has 5 nitrogen and oxygen atoms in total. The Morgan fingerprint density at radius 3 is 2.84 bits per heavy atom. The van der Waals surface area contributed by atoms with Crippen molar-refractivity contribution in [2.24, 2.45) is 17.0 Å². The quantitative estimate of drug-likeness (QED) is 0.539. The van der Waals surface area contributed by atoms with Crippen molar-refractivity contribution in [2.45, 2.75) is 46.6 Å². The standard InChI is InChI=1S/C20H27N3O2/c1-4-14(2)12-22-20(24)18(11-16-7-8-16)10-15(3)19-17(13-23-25)6-5-9-21-19/h4-6,9-10,16,18H,7-8,11-13H2,1-3H3,(H,22,24)/b14-4+,15-10+. The zero-order valence-corrected chi connectivity index (χ0v) is 15.3. The topological polar surface area (TPSA) is 71.4 Å². The second-order valence-corrected chi connectivity index (χ2v) is 6.79. The van der Waals surface area contributed by atoms with E-state index in [-0.39, 0.29) is 18.4 Å². The molecule has 1 heterocycles. The molecule has 1 fully saturated rings. The Hall–Kier alpha value is -2.30. The summed E-state index contributed by atoms with van der Waals surface area (Å²) in [5, 5.41) is 6.00. The molecule has 0 spiro atoms. The molecular weight excluding hydrogens is 314 g/mol. The van der Waals surface area contributed by atoms with Crippen molar-refractivity contribution in [3.8, 4) is 0 Å². The van der Waals surface area contributed by atoms with Crippen molar-refractivity contribution in [1.82, 2.24) is 10.3 Å². The van der Waals surface area contributed by atoms with E-state index in [4.69, 9.17) is 0 Å². The Bertz CT molecular complexity index is 675. The van der Waals surface area contributed by atoms with Gasteiger partial charge in [-0.2, -0.15) is 4.91 Å². The van der Waals surface area contributed by atoms with Gasteiger partial charge in [0.25, 0.3) is 0 Å². The van der Waals surface area contributed by atoms with Gasteiger partial charge >= 0.3 is 0 Å². The van der Waals surface area contributed by atoms with Crippen molar-refractivity contribution in [2.75, 3.05) is 6.54 Å². The molecular formula is C20H27N3O2. The average Bonchev–Trinajstić information content (AvgIpc) is 3.43. The van der Waals surface area contributed by atoms with Crippen LogP contribution in [-0.2, 0) is 11.3 Å². The van der Waals surface area contributed by atoms with Gasteiger partial charge in [0, 0.05) is 18.3 Å². The normalized spacial score (nSPS) is 16.4. The molecule has 1 N–H and O–H groups in total. The molecule has 1 unspecified atom stereocenters. The van der Waals surface area contributed by atoms with E-state index in [0.29, 0.717) is 12.5 Å². The Kier molecular flexibility index (Phi) is 7.04. The van der Waals surface area contributed by atoms with Gasteiger partial charge in [0.05, 0.1) is 11.6 Å². The molecule has 1 aromatic heterocycles. The first-order chi connectivity index (χ1) is 12.0. The fourth-order valence-electron chi connectivity index (χ4n) is 2.79. The maximum atomic E-state index is 12.6. The van der Waals surface area contributed by atoms with E-state index >= 15 is 0 Å². The highest BCUT2D eigenvalue weighted by molar-refractivity contribution is 5.83. The van der Waals surface area contributed by atoms with Crippen LogP contribution >= 0.6 is 0 Å². The lowest BCUT2D eigenvalue weighted by Crippen LogP contribution is -2.31. The maximum Gasteiger partial charge on any atom is 0.227 e. The molecule has 0 bridgehead atoms. The number of hydrogen-bond donors (Lipinski definition) is 1. The number of carbonyl (C=O) groups excluding carboxylic acids is 1. The number of allylic oxidation sites excluding steroid dienone is 2. The number of amides is 1. The first-order valence-electron chi connectivity index (χ1n) is 8.86. The zero-order chi connectivity index (χ0) is 18.2. The smallest absolute Gasteiger partial charge is 0.227 e. The van der Waals surface area contributed by atoms with Gasteiger partial charge in [-0.25, -0.2) is 0 Å². The third kappa shape index (κ3) is 5.93. The van der Waals surface area contributed by atoms with Gasteiger partial charge in [-0.05, 0) is 44.7 Å². The monoisotopic (exact) mass is 341 g/mol. The van der Waals surface area contributed by atoms with E-state index < -0.39 is 0 Å². The summed E-state index contributed by atoms with van der Waals surface area (Å²) in [5.41, 5.74) is 3.60. The molecule has 1 aliphatic carbocycles. The first kappa shape index (κ1) is 19.0. The number of pyridine rings is 1. The molecule has 2 rings (SSSR count). The van der Waals surface area contributed by atoms with E-state index in [1.165, 1.54) is 12.8 Å².